The van der Waals surface area contributed by atoms with Crippen LogP contribution in [0.5, 0.6) is 0 Å². The van der Waals surface area contributed by atoms with Crippen molar-refractivity contribution in [1.82, 2.24) is 0 Å². The average Bonchev–Trinajstić information content (AvgIpc) is 2.78. The van der Waals surface area contributed by atoms with Gasteiger partial charge in [0.25, 0.3) is 0 Å². The number of allylic oxidation sites excluding steroid dienone is 1. The highest BCUT2D eigenvalue weighted by Gasteiger charge is 2.26. The molecule has 3 aromatic rings. The van der Waals surface area contributed by atoms with Gasteiger partial charge < -0.3 is 14.1 Å². The smallest absolute Gasteiger partial charge is 0.348 e. The Bertz CT molecular complexity index is 1170. The molecule has 0 fully saturated rings. The molecule has 0 aliphatic rings. The van der Waals surface area contributed by atoms with Crippen LogP contribution in [0, 0.1) is 0 Å². The van der Waals surface area contributed by atoms with E-state index in [1.807, 2.05) is 50.2 Å². The highest BCUT2D eigenvalue weighted by Crippen LogP contribution is 2.26. The van der Waals surface area contributed by atoms with Crippen molar-refractivity contribution in [3.05, 3.63) is 81.7 Å². The Labute approximate surface area is 180 Å². The number of anilines is 1. The minimum atomic E-state index is -0.866. The van der Waals surface area contributed by atoms with Gasteiger partial charge in [-0.1, -0.05) is 36.4 Å². The number of carbonyl (C=O) groups excluding carboxylic acids is 2. The number of nitrogens with zero attached hydrogens (tertiary/aromatic N) is 1. The molecule has 1 aromatic heterocycles. The lowest BCUT2D eigenvalue weighted by Gasteiger charge is -2.21. The SMILES string of the molecule is CCOC(=O)c1c(C(=O)/C=C/c2ccccc2)c(=O)oc2cc(N(CC)CC)ccc12. The standard InChI is InChI=1S/C25H25NO5/c1-4-26(5-2)18-13-14-19-21(16-18)31-25(29)23(22(19)24(28)30-6-3)20(27)15-12-17-10-8-7-9-11-17/h7-16H,4-6H2,1-3H3/b15-12+. The van der Waals surface area contributed by atoms with Crippen LogP contribution in [-0.4, -0.2) is 31.4 Å². The van der Waals surface area contributed by atoms with Crippen LogP contribution >= 0.6 is 0 Å². The summed E-state index contributed by atoms with van der Waals surface area (Å²) in [5.41, 5.74) is 0.632. The number of esters is 1. The number of carbonyl (C=O) groups is 2. The van der Waals surface area contributed by atoms with E-state index in [-0.39, 0.29) is 23.3 Å². The first-order valence-corrected chi connectivity index (χ1v) is 10.3. The molecule has 3 rings (SSSR count). The van der Waals surface area contributed by atoms with Crippen molar-refractivity contribution in [2.24, 2.45) is 0 Å². The molecule has 160 valence electrons. The molecule has 0 aliphatic carbocycles. The van der Waals surface area contributed by atoms with E-state index in [1.165, 1.54) is 6.08 Å². The van der Waals surface area contributed by atoms with E-state index < -0.39 is 17.4 Å². The fourth-order valence-electron chi connectivity index (χ4n) is 3.43. The van der Waals surface area contributed by atoms with Gasteiger partial charge in [0.15, 0.2) is 5.78 Å². The topological polar surface area (TPSA) is 76.8 Å². The predicted octanol–water partition coefficient (Wildman–Crippen LogP) is 4.71. The summed E-state index contributed by atoms with van der Waals surface area (Å²) < 4.78 is 10.6. The zero-order chi connectivity index (χ0) is 22.4. The highest BCUT2D eigenvalue weighted by molar-refractivity contribution is 6.17. The summed E-state index contributed by atoms with van der Waals surface area (Å²) in [6.45, 7) is 7.38. The van der Waals surface area contributed by atoms with Crippen LogP contribution in [0.3, 0.4) is 0 Å². The first-order valence-electron chi connectivity index (χ1n) is 10.3. The second-order valence-electron chi connectivity index (χ2n) is 6.82. The Morgan fingerprint density at radius 2 is 1.71 bits per heavy atom. The van der Waals surface area contributed by atoms with Crippen LogP contribution in [0.1, 0.15) is 47.1 Å². The van der Waals surface area contributed by atoms with Gasteiger partial charge >= 0.3 is 11.6 Å². The quantitative estimate of drug-likeness (QED) is 0.228. The van der Waals surface area contributed by atoms with Gasteiger partial charge in [0.1, 0.15) is 11.1 Å². The normalized spacial score (nSPS) is 11.1. The van der Waals surface area contributed by atoms with E-state index in [2.05, 4.69) is 4.90 Å². The number of rotatable bonds is 8. The summed E-state index contributed by atoms with van der Waals surface area (Å²) >= 11 is 0. The van der Waals surface area contributed by atoms with Crippen molar-refractivity contribution in [2.45, 2.75) is 20.8 Å². The van der Waals surface area contributed by atoms with Crippen LogP contribution in [0.4, 0.5) is 5.69 Å². The Hall–Kier alpha value is -3.67. The van der Waals surface area contributed by atoms with Crippen molar-refractivity contribution in [3.63, 3.8) is 0 Å². The number of fused-ring (bicyclic) bond motifs is 1. The molecule has 0 N–H and O–H groups in total. The maximum atomic E-state index is 12.9. The lowest BCUT2D eigenvalue weighted by Crippen LogP contribution is -2.23. The lowest BCUT2D eigenvalue weighted by atomic mass is 10.00. The van der Waals surface area contributed by atoms with Crippen molar-refractivity contribution in [2.75, 3.05) is 24.6 Å². The van der Waals surface area contributed by atoms with Gasteiger partial charge in [0.05, 0.1) is 12.2 Å². The molecular weight excluding hydrogens is 394 g/mol. The molecule has 0 bridgehead atoms. The van der Waals surface area contributed by atoms with E-state index in [0.717, 1.165) is 24.3 Å². The molecule has 6 heteroatoms. The Morgan fingerprint density at radius 1 is 1.00 bits per heavy atom. The Morgan fingerprint density at radius 3 is 2.35 bits per heavy atom. The van der Waals surface area contributed by atoms with Crippen LogP contribution in [0.2, 0.25) is 0 Å². The van der Waals surface area contributed by atoms with Crippen molar-refractivity contribution < 1.29 is 18.7 Å². The Balaban J connectivity index is 2.17. The largest absolute Gasteiger partial charge is 0.462 e. The highest BCUT2D eigenvalue weighted by atomic mass is 16.5. The van der Waals surface area contributed by atoms with Crippen LogP contribution < -0.4 is 10.5 Å². The first kappa shape index (κ1) is 22.0. The van der Waals surface area contributed by atoms with Gasteiger partial charge in [0.2, 0.25) is 0 Å². The summed E-state index contributed by atoms with van der Waals surface area (Å²) in [5.74, 6) is -1.34. The van der Waals surface area contributed by atoms with Crippen molar-refractivity contribution in [3.8, 4) is 0 Å². The maximum absolute atomic E-state index is 12.9. The van der Waals surface area contributed by atoms with Crippen molar-refractivity contribution in [1.29, 1.82) is 0 Å². The van der Waals surface area contributed by atoms with E-state index in [0.29, 0.717) is 5.39 Å². The van der Waals surface area contributed by atoms with Gasteiger partial charge in [-0.15, -0.1) is 0 Å². The first-order chi connectivity index (χ1) is 15.0. The number of hydrogen-bond acceptors (Lipinski definition) is 6. The fraction of sp³-hybridized carbons (Fsp3) is 0.240. The molecule has 0 saturated carbocycles. The number of benzene rings is 2. The van der Waals surface area contributed by atoms with E-state index in [1.54, 1.807) is 25.1 Å². The molecule has 1 heterocycles. The molecule has 0 aliphatic heterocycles. The summed E-state index contributed by atoms with van der Waals surface area (Å²) in [6, 6.07) is 14.4. The zero-order valence-electron chi connectivity index (χ0n) is 17.9. The molecule has 0 saturated heterocycles. The van der Waals surface area contributed by atoms with E-state index in [9.17, 15) is 14.4 Å². The molecule has 6 nitrogen and oxygen atoms in total. The minimum absolute atomic E-state index is 0.0677. The summed E-state index contributed by atoms with van der Waals surface area (Å²) in [5, 5.41) is 0.366. The third-order valence-electron chi connectivity index (χ3n) is 4.97. The molecule has 0 spiro atoms. The monoisotopic (exact) mass is 419 g/mol. The third kappa shape index (κ3) is 4.74. The molecule has 0 atom stereocenters. The Kier molecular flexibility index (Phi) is 7.03. The number of hydrogen-bond donors (Lipinski definition) is 0. The van der Waals surface area contributed by atoms with Crippen LogP contribution in [0.25, 0.3) is 17.0 Å². The van der Waals surface area contributed by atoms with Crippen LogP contribution in [0.15, 0.2) is 63.8 Å². The molecule has 2 aromatic carbocycles. The van der Waals surface area contributed by atoms with Gasteiger partial charge in [-0.3, -0.25) is 4.79 Å². The van der Waals surface area contributed by atoms with E-state index in [4.69, 9.17) is 9.15 Å². The molecular formula is C25H25NO5. The lowest BCUT2D eigenvalue weighted by molar-refractivity contribution is 0.0525. The maximum Gasteiger partial charge on any atom is 0.348 e. The number of ketones is 1. The van der Waals surface area contributed by atoms with E-state index >= 15 is 0 Å². The molecule has 0 unspecified atom stereocenters. The molecule has 0 amide bonds. The minimum Gasteiger partial charge on any atom is -0.462 e. The third-order valence-corrected chi connectivity index (χ3v) is 4.97. The van der Waals surface area contributed by atoms with Crippen LogP contribution in [-0.2, 0) is 4.74 Å². The van der Waals surface area contributed by atoms with Gasteiger partial charge in [-0.05, 0) is 44.5 Å². The van der Waals surface area contributed by atoms with Gasteiger partial charge in [-0.2, -0.15) is 0 Å². The average molecular weight is 419 g/mol. The fourth-order valence-corrected chi connectivity index (χ4v) is 3.43. The summed E-state index contributed by atoms with van der Waals surface area (Å²) in [7, 11) is 0. The molecule has 31 heavy (non-hydrogen) atoms. The molecule has 0 radical (unpaired) electrons. The second-order valence-corrected chi connectivity index (χ2v) is 6.82. The van der Waals surface area contributed by atoms with Gasteiger partial charge in [-0.25, -0.2) is 9.59 Å². The van der Waals surface area contributed by atoms with Crippen molar-refractivity contribution >= 4 is 34.5 Å². The second kappa shape index (κ2) is 9.89. The number of ether oxygens (including phenoxy) is 1. The van der Waals surface area contributed by atoms with Gasteiger partial charge in [0, 0.05) is 30.2 Å². The summed E-state index contributed by atoms with van der Waals surface area (Å²) in [6.07, 6.45) is 2.85. The predicted molar refractivity (Wildman–Crippen MR) is 122 cm³/mol. The zero-order valence-corrected chi connectivity index (χ0v) is 17.9. The summed E-state index contributed by atoms with van der Waals surface area (Å²) in [4.78, 5) is 40.6.